The molecule has 0 unspecified atom stereocenters. The molecule has 0 aliphatic rings. The van der Waals surface area contributed by atoms with Crippen molar-refractivity contribution < 1.29 is 4.74 Å². The normalized spacial score (nSPS) is 10.4. The van der Waals surface area contributed by atoms with Crippen LogP contribution in [0.1, 0.15) is 12.2 Å². The summed E-state index contributed by atoms with van der Waals surface area (Å²) >= 11 is 0. The highest BCUT2D eigenvalue weighted by Gasteiger charge is 2.15. The fourth-order valence-corrected chi connectivity index (χ4v) is 2.16. The third-order valence-corrected chi connectivity index (χ3v) is 3.08. The summed E-state index contributed by atoms with van der Waals surface area (Å²) in [6.45, 7) is 2.98. The van der Waals surface area contributed by atoms with E-state index in [0.29, 0.717) is 24.7 Å². The van der Waals surface area contributed by atoms with E-state index in [-0.39, 0.29) is 5.56 Å². The molecule has 0 aliphatic heterocycles. The van der Waals surface area contributed by atoms with Gasteiger partial charge in [0.2, 0.25) is 0 Å². The predicted molar refractivity (Wildman–Crippen MR) is 83.3 cm³/mol. The Balaban J connectivity index is 2.49. The molecule has 0 aliphatic carbocycles. The van der Waals surface area contributed by atoms with Crippen LogP contribution >= 0.6 is 0 Å². The van der Waals surface area contributed by atoms with Crippen LogP contribution in [0.3, 0.4) is 0 Å². The van der Waals surface area contributed by atoms with Gasteiger partial charge < -0.3 is 20.4 Å². The van der Waals surface area contributed by atoms with E-state index in [2.05, 4.69) is 9.97 Å². The SMILES string of the molecule is COc1ccccc1N(CCCN)c1cc(=O)[nH]c(C)n1. The minimum absolute atomic E-state index is 0.176. The summed E-state index contributed by atoms with van der Waals surface area (Å²) in [6, 6.07) is 9.13. The second kappa shape index (κ2) is 6.90. The Morgan fingerprint density at radius 2 is 2.14 bits per heavy atom. The first-order valence-electron chi connectivity index (χ1n) is 6.84. The van der Waals surface area contributed by atoms with Crippen molar-refractivity contribution in [3.63, 3.8) is 0 Å². The van der Waals surface area contributed by atoms with Crippen LogP contribution < -0.4 is 20.9 Å². The third-order valence-electron chi connectivity index (χ3n) is 3.08. The van der Waals surface area contributed by atoms with Crippen LogP contribution in [-0.4, -0.2) is 30.2 Å². The Morgan fingerprint density at radius 1 is 1.38 bits per heavy atom. The zero-order chi connectivity index (χ0) is 15.2. The van der Waals surface area contributed by atoms with Crippen LogP contribution in [0.4, 0.5) is 11.5 Å². The number of aromatic amines is 1. The first-order valence-corrected chi connectivity index (χ1v) is 6.84. The van der Waals surface area contributed by atoms with Gasteiger partial charge >= 0.3 is 0 Å². The van der Waals surface area contributed by atoms with Gasteiger partial charge in [0.05, 0.1) is 12.8 Å². The summed E-state index contributed by atoms with van der Waals surface area (Å²) < 4.78 is 5.40. The van der Waals surface area contributed by atoms with Gasteiger partial charge in [0.25, 0.3) is 5.56 Å². The zero-order valence-electron chi connectivity index (χ0n) is 12.3. The van der Waals surface area contributed by atoms with Crippen LogP contribution in [-0.2, 0) is 0 Å². The van der Waals surface area contributed by atoms with Crippen molar-refractivity contribution >= 4 is 11.5 Å². The number of hydrogen-bond acceptors (Lipinski definition) is 5. The van der Waals surface area contributed by atoms with Gasteiger partial charge in [0, 0.05) is 12.6 Å². The highest BCUT2D eigenvalue weighted by molar-refractivity contribution is 5.66. The Kier molecular flexibility index (Phi) is 4.94. The second-order valence-electron chi connectivity index (χ2n) is 4.65. The molecule has 0 bridgehead atoms. The molecule has 1 aromatic carbocycles. The summed E-state index contributed by atoms with van der Waals surface area (Å²) in [7, 11) is 1.62. The lowest BCUT2D eigenvalue weighted by Gasteiger charge is -2.25. The van der Waals surface area contributed by atoms with Gasteiger partial charge in [-0.05, 0) is 32.0 Å². The molecule has 1 heterocycles. The lowest BCUT2D eigenvalue weighted by Crippen LogP contribution is -2.24. The molecule has 2 aromatic rings. The Hall–Kier alpha value is -2.34. The van der Waals surface area contributed by atoms with E-state index in [0.717, 1.165) is 17.9 Å². The van der Waals surface area contributed by atoms with E-state index in [1.54, 1.807) is 14.0 Å². The van der Waals surface area contributed by atoms with Gasteiger partial charge in [0.1, 0.15) is 17.4 Å². The topological polar surface area (TPSA) is 84.2 Å². The van der Waals surface area contributed by atoms with E-state index >= 15 is 0 Å². The number of anilines is 2. The van der Waals surface area contributed by atoms with E-state index in [1.165, 1.54) is 6.07 Å². The molecule has 0 spiro atoms. The Labute approximate surface area is 123 Å². The van der Waals surface area contributed by atoms with E-state index in [9.17, 15) is 4.79 Å². The van der Waals surface area contributed by atoms with Crippen LogP contribution in [0.15, 0.2) is 35.1 Å². The number of rotatable bonds is 6. The monoisotopic (exact) mass is 288 g/mol. The van der Waals surface area contributed by atoms with Gasteiger partial charge in [-0.1, -0.05) is 12.1 Å². The fraction of sp³-hybridized carbons (Fsp3) is 0.333. The predicted octanol–water partition coefficient (Wildman–Crippen LogP) is 1.57. The summed E-state index contributed by atoms with van der Waals surface area (Å²) in [4.78, 5) is 20.7. The van der Waals surface area contributed by atoms with E-state index < -0.39 is 0 Å². The number of H-pyrrole nitrogens is 1. The van der Waals surface area contributed by atoms with Crippen molar-refractivity contribution in [2.45, 2.75) is 13.3 Å². The molecule has 1 aromatic heterocycles. The summed E-state index contributed by atoms with van der Waals surface area (Å²) in [5.41, 5.74) is 6.31. The van der Waals surface area contributed by atoms with Crippen molar-refractivity contribution in [1.29, 1.82) is 0 Å². The zero-order valence-corrected chi connectivity index (χ0v) is 12.3. The molecule has 0 radical (unpaired) electrons. The molecular formula is C15H20N4O2. The second-order valence-corrected chi connectivity index (χ2v) is 4.65. The highest BCUT2D eigenvalue weighted by Crippen LogP contribution is 2.32. The van der Waals surface area contributed by atoms with Crippen molar-refractivity contribution in [3.05, 3.63) is 46.5 Å². The maximum absolute atomic E-state index is 11.7. The van der Waals surface area contributed by atoms with Crippen molar-refractivity contribution in [2.75, 3.05) is 25.1 Å². The average molecular weight is 288 g/mol. The number of aromatic nitrogens is 2. The number of nitrogens with two attached hydrogens (primary N) is 1. The highest BCUT2D eigenvalue weighted by atomic mass is 16.5. The number of aryl methyl sites for hydroxylation is 1. The van der Waals surface area contributed by atoms with Gasteiger partial charge in [-0.2, -0.15) is 0 Å². The van der Waals surface area contributed by atoms with Crippen LogP contribution in [0.5, 0.6) is 5.75 Å². The molecule has 0 saturated carbocycles. The molecule has 6 nitrogen and oxygen atoms in total. The molecule has 0 amide bonds. The molecule has 0 saturated heterocycles. The summed E-state index contributed by atoms with van der Waals surface area (Å²) in [6.07, 6.45) is 0.783. The smallest absolute Gasteiger partial charge is 0.252 e. The lowest BCUT2D eigenvalue weighted by atomic mass is 10.2. The number of methoxy groups -OCH3 is 1. The van der Waals surface area contributed by atoms with Gasteiger partial charge in [-0.3, -0.25) is 4.79 Å². The van der Waals surface area contributed by atoms with Crippen LogP contribution in [0.2, 0.25) is 0 Å². The molecule has 0 atom stereocenters. The molecule has 112 valence electrons. The lowest BCUT2D eigenvalue weighted by molar-refractivity contribution is 0.415. The molecule has 21 heavy (non-hydrogen) atoms. The molecule has 3 N–H and O–H groups in total. The Morgan fingerprint density at radius 3 is 2.81 bits per heavy atom. The number of nitrogens with one attached hydrogen (secondary N) is 1. The first-order chi connectivity index (χ1) is 10.2. The molecule has 6 heteroatoms. The summed E-state index contributed by atoms with van der Waals surface area (Å²) in [5, 5.41) is 0. The average Bonchev–Trinajstić information content (AvgIpc) is 2.47. The minimum atomic E-state index is -0.176. The maximum atomic E-state index is 11.7. The minimum Gasteiger partial charge on any atom is -0.495 e. The van der Waals surface area contributed by atoms with Gasteiger partial charge in [0.15, 0.2) is 0 Å². The van der Waals surface area contributed by atoms with E-state index in [4.69, 9.17) is 10.5 Å². The number of nitrogens with zero attached hydrogens (tertiary/aromatic N) is 2. The number of benzene rings is 1. The van der Waals surface area contributed by atoms with Gasteiger partial charge in [-0.15, -0.1) is 0 Å². The maximum Gasteiger partial charge on any atom is 0.252 e. The van der Waals surface area contributed by atoms with Crippen LogP contribution in [0, 0.1) is 6.92 Å². The number of hydrogen-bond donors (Lipinski definition) is 2. The summed E-state index contributed by atoms with van der Waals surface area (Å²) in [5.74, 6) is 1.90. The Bertz CT molecular complexity index is 654. The third kappa shape index (κ3) is 3.61. The molecule has 0 fully saturated rings. The fourth-order valence-electron chi connectivity index (χ4n) is 2.16. The van der Waals surface area contributed by atoms with Crippen molar-refractivity contribution in [2.24, 2.45) is 5.73 Å². The van der Waals surface area contributed by atoms with Gasteiger partial charge in [-0.25, -0.2) is 4.98 Å². The quantitative estimate of drug-likeness (QED) is 0.843. The largest absolute Gasteiger partial charge is 0.495 e. The van der Waals surface area contributed by atoms with Crippen molar-refractivity contribution in [3.8, 4) is 5.75 Å². The first kappa shape index (κ1) is 15.1. The number of para-hydroxylation sites is 2. The van der Waals surface area contributed by atoms with Crippen molar-refractivity contribution in [1.82, 2.24) is 9.97 Å². The standard InChI is InChI=1S/C15H20N4O2/c1-11-17-14(10-15(20)18-11)19(9-5-8-16)12-6-3-4-7-13(12)21-2/h3-4,6-7,10H,5,8-9,16H2,1-2H3,(H,17,18,20). The van der Waals surface area contributed by atoms with E-state index in [1.807, 2.05) is 29.2 Å². The molecular weight excluding hydrogens is 268 g/mol. The van der Waals surface area contributed by atoms with Crippen LogP contribution in [0.25, 0.3) is 0 Å². The molecule has 2 rings (SSSR count). The number of ether oxygens (including phenoxy) is 1.